The van der Waals surface area contributed by atoms with Crippen LogP contribution in [0.3, 0.4) is 0 Å². The second-order valence-electron chi connectivity index (χ2n) is 7.87. The van der Waals surface area contributed by atoms with Crippen molar-refractivity contribution in [3.8, 4) is 5.88 Å². The fourth-order valence-corrected chi connectivity index (χ4v) is 4.21. The number of likely N-dealkylation sites (tertiary alicyclic amines) is 1. The van der Waals surface area contributed by atoms with Gasteiger partial charge in [0.15, 0.2) is 0 Å². The summed E-state index contributed by atoms with van der Waals surface area (Å²) in [5.74, 6) is -0.203. The van der Waals surface area contributed by atoms with E-state index in [1.54, 1.807) is 41.6 Å². The van der Waals surface area contributed by atoms with Gasteiger partial charge in [-0.05, 0) is 58.6 Å². The van der Waals surface area contributed by atoms with Gasteiger partial charge in [-0.1, -0.05) is 23.7 Å². The summed E-state index contributed by atoms with van der Waals surface area (Å²) in [6, 6.07) is 10.1. The first-order valence-electron chi connectivity index (χ1n) is 10.9. The molecule has 35 heavy (non-hydrogen) atoms. The second-order valence-corrected chi connectivity index (χ2v) is 9.07. The summed E-state index contributed by atoms with van der Waals surface area (Å²) < 4.78 is 5.57. The maximum atomic E-state index is 12.5. The van der Waals surface area contributed by atoms with Crippen LogP contribution in [0.1, 0.15) is 28.8 Å². The van der Waals surface area contributed by atoms with Gasteiger partial charge in [-0.3, -0.25) is 19.7 Å². The number of ether oxygens (including phenoxy) is 1. The predicted octanol–water partition coefficient (Wildman–Crippen LogP) is 3.79. The van der Waals surface area contributed by atoms with E-state index >= 15 is 0 Å². The van der Waals surface area contributed by atoms with E-state index in [1.807, 2.05) is 12.1 Å². The number of benzene rings is 1. The van der Waals surface area contributed by atoms with Crippen molar-refractivity contribution in [2.45, 2.75) is 25.3 Å². The first-order chi connectivity index (χ1) is 16.9. The number of piperidine rings is 1. The Morgan fingerprint density at radius 1 is 1.14 bits per heavy atom. The lowest BCUT2D eigenvalue weighted by Gasteiger charge is -2.32. The van der Waals surface area contributed by atoms with Crippen molar-refractivity contribution in [2.75, 3.05) is 18.4 Å². The number of nitrogens with zero attached hydrogens (tertiary/aromatic N) is 3. The lowest BCUT2D eigenvalue weighted by atomic mass is 10.0. The van der Waals surface area contributed by atoms with Crippen LogP contribution in [0.4, 0.5) is 10.6 Å². The molecule has 0 aliphatic carbocycles. The zero-order chi connectivity index (χ0) is 24.8. The molecule has 1 saturated heterocycles. The molecule has 3 heterocycles. The van der Waals surface area contributed by atoms with Crippen LogP contribution < -0.4 is 15.4 Å². The molecule has 0 bridgehead atoms. The Labute approximate surface area is 214 Å². The minimum Gasteiger partial charge on any atom is -0.388 e. The van der Waals surface area contributed by atoms with Crippen LogP contribution in [0, 0.1) is 0 Å². The van der Waals surface area contributed by atoms with Gasteiger partial charge in [0.25, 0.3) is 11.8 Å². The molecule has 10 nitrogen and oxygen atoms in total. The van der Waals surface area contributed by atoms with Gasteiger partial charge >= 0.3 is 6.09 Å². The van der Waals surface area contributed by atoms with Crippen molar-refractivity contribution in [1.29, 1.82) is 0 Å². The largest absolute Gasteiger partial charge is 0.414 e. The van der Waals surface area contributed by atoms with E-state index in [0.717, 1.165) is 5.56 Å². The Morgan fingerprint density at radius 2 is 1.86 bits per heavy atom. The first kappa shape index (κ1) is 24.7. The number of pyridine rings is 1. The number of nitrogens with one attached hydrogen (secondary N) is 3. The van der Waals surface area contributed by atoms with E-state index in [2.05, 4.69) is 41.7 Å². The van der Waals surface area contributed by atoms with Crippen molar-refractivity contribution < 1.29 is 19.1 Å². The molecular formula is C23H22BrClN6O4. The van der Waals surface area contributed by atoms with Crippen molar-refractivity contribution in [2.24, 2.45) is 0 Å². The monoisotopic (exact) mass is 560 g/mol. The number of rotatable bonds is 6. The summed E-state index contributed by atoms with van der Waals surface area (Å²) in [7, 11) is 0. The van der Waals surface area contributed by atoms with Crippen molar-refractivity contribution >= 4 is 51.3 Å². The van der Waals surface area contributed by atoms with Crippen LogP contribution in [0.25, 0.3) is 0 Å². The summed E-state index contributed by atoms with van der Waals surface area (Å²) in [5.41, 5.74) is 1.21. The number of hydrogen-bond donors (Lipinski definition) is 3. The van der Waals surface area contributed by atoms with Gasteiger partial charge in [-0.15, -0.1) is 5.10 Å². The van der Waals surface area contributed by atoms with E-state index < -0.39 is 12.0 Å². The molecule has 1 aromatic carbocycles. The molecule has 182 valence electrons. The van der Waals surface area contributed by atoms with Crippen molar-refractivity contribution in [3.63, 3.8) is 0 Å². The fraction of sp³-hybridized carbons (Fsp3) is 0.261. The van der Waals surface area contributed by atoms with Gasteiger partial charge in [0.05, 0.1) is 17.0 Å². The number of hydrogen-bond acceptors (Lipinski definition) is 6. The third kappa shape index (κ3) is 6.37. The van der Waals surface area contributed by atoms with E-state index in [0.29, 0.717) is 42.9 Å². The quantitative estimate of drug-likeness (QED) is 0.420. The number of amides is 3. The van der Waals surface area contributed by atoms with Crippen LogP contribution in [0.15, 0.2) is 53.3 Å². The number of aromatic amines is 1. The summed E-state index contributed by atoms with van der Waals surface area (Å²) in [6.45, 7) is 1.08. The van der Waals surface area contributed by atoms with Crippen LogP contribution >= 0.6 is 27.5 Å². The predicted molar refractivity (Wildman–Crippen MR) is 132 cm³/mol. The second kappa shape index (κ2) is 11.3. The highest BCUT2D eigenvalue weighted by Gasteiger charge is 2.25. The van der Waals surface area contributed by atoms with Crippen LogP contribution in [0.5, 0.6) is 5.88 Å². The zero-order valence-electron chi connectivity index (χ0n) is 18.5. The average Bonchev–Trinajstić information content (AvgIpc) is 3.19. The molecule has 0 spiro atoms. The normalized spacial score (nSPS) is 13.8. The topological polar surface area (TPSA) is 129 Å². The molecule has 3 amide bonds. The summed E-state index contributed by atoms with van der Waals surface area (Å²) in [4.78, 5) is 43.1. The Balaban J connectivity index is 1.25. The third-order valence-corrected chi connectivity index (χ3v) is 6.56. The lowest BCUT2D eigenvalue weighted by Crippen LogP contribution is -2.47. The number of aromatic nitrogens is 3. The lowest BCUT2D eigenvalue weighted by molar-refractivity contribution is -0.131. The maximum absolute atomic E-state index is 12.5. The number of carbonyl (C=O) groups is 3. The van der Waals surface area contributed by atoms with Gasteiger partial charge in [0, 0.05) is 31.5 Å². The van der Waals surface area contributed by atoms with Crippen LogP contribution in [-0.2, 0) is 11.2 Å². The molecule has 12 heteroatoms. The highest BCUT2D eigenvalue weighted by atomic mass is 79.9. The molecular weight excluding hydrogens is 540 g/mol. The molecule has 1 fully saturated rings. The van der Waals surface area contributed by atoms with E-state index in [-0.39, 0.29) is 28.1 Å². The van der Waals surface area contributed by atoms with Gasteiger partial charge in [0.2, 0.25) is 5.91 Å². The molecule has 3 aromatic rings. The molecule has 0 atom stereocenters. The fourth-order valence-electron chi connectivity index (χ4n) is 3.63. The summed E-state index contributed by atoms with van der Waals surface area (Å²) >= 11 is 9.34. The van der Waals surface area contributed by atoms with Crippen LogP contribution in [0.2, 0.25) is 5.02 Å². The molecule has 0 saturated carbocycles. The van der Waals surface area contributed by atoms with Gasteiger partial charge in [0.1, 0.15) is 10.3 Å². The Hall–Kier alpha value is -3.44. The Kier molecular flexibility index (Phi) is 7.98. The minimum atomic E-state index is -0.678. The number of H-pyrrole nitrogens is 1. The maximum Gasteiger partial charge on any atom is 0.414 e. The molecule has 0 unspecified atom stereocenters. The van der Waals surface area contributed by atoms with Crippen LogP contribution in [-0.4, -0.2) is 57.1 Å². The smallest absolute Gasteiger partial charge is 0.388 e. The highest BCUT2D eigenvalue weighted by Crippen LogP contribution is 2.30. The molecule has 3 N–H and O–H groups in total. The molecule has 1 aliphatic heterocycles. The minimum absolute atomic E-state index is 0.0260. The van der Waals surface area contributed by atoms with Gasteiger partial charge < -0.3 is 20.3 Å². The van der Waals surface area contributed by atoms with E-state index in [1.165, 1.54) is 0 Å². The molecule has 2 aromatic heterocycles. The molecule has 1 aliphatic rings. The van der Waals surface area contributed by atoms with E-state index in [9.17, 15) is 14.4 Å². The average molecular weight is 562 g/mol. The summed E-state index contributed by atoms with van der Waals surface area (Å²) in [6.07, 6.45) is 4.19. The van der Waals surface area contributed by atoms with Gasteiger partial charge in [-0.25, -0.2) is 4.79 Å². The number of carbonyl (C=O) groups excluding carboxylic acids is 3. The highest BCUT2D eigenvalue weighted by molar-refractivity contribution is 9.10. The zero-order valence-corrected chi connectivity index (χ0v) is 20.8. The standard InChI is InChI=1S/C23H22BrClN6O4/c24-19-20(28-21(33)16-3-1-2-4-17(16)25)29-30-22(19)35-23(34)27-15-7-11-31(12-8-15)18(32)13-14-5-9-26-10-6-14/h1-6,9-10,15H,7-8,11-13H2,(H,27,34)(H2,28,29,30,33). The Morgan fingerprint density at radius 3 is 2.57 bits per heavy atom. The number of halogens is 2. The first-order valence-corrected chi connectivity index (χ1v) is 12.0. The molecule has 0 radical (unpaired) electrons. The number of anilines is 1. The van der Waals surface area contributed by atoms with Crippen molar-refractivity contribution in [3.05, 3.63) is 69.4 Å². The van der Waals surface area contributed by atoms with E-state index in [4.69, 9.17) is 16.3 Å². The Bertz CT molecular complexity index is 1210. The molecule has 4 rings (SSSR count). The SMILES string of the molecule is O=C(NC1CCN(C(=O)Cc2ccncc2)CC1)Oc1n[nH]c(NC(=O)c2ccccc2Cl)c1Br. The van der Waals surface area contributed by atoms with Crippen molar-refractivity contribution in [1.82, 2.24) is 25.4 Å². The summed E-state index contributed by atoms with van der Waals surface area (Å²) in [5, 5.41) is 12.3. The third-order valence-electron chi connectivity index (χ3n) is 5.50. The van der Waals surface area contributed by atoms with Gasteiger partial charge in [-0.2, -0.15) is 0 Å².